The molecule has 0 saturated heterocycles. The summed E-state index contributed by atoms with van der Waals surface area (Å²) in [5.74, 6) is 0. The molecule has 3 nitrogen and oxygen atoms in total. The van der Waals surface area contributed by atoms with Crippen molar-refractivity contribution in [2.24, 2.45) is 0 Å². The molecule has 0 aliphatic carbocycles. The van der Waals surface area contributed by atoms with Gasteiger partial charge >= 0.3 is 0 Å². The van der Waals surface area contributed by atoms with Crippen LogP contribution < -0.4 is 0 Å². The Bertz CT molecular complexity index is 434. The Morgan fingerprint density at radius 3 is 3.07 bits per heavy atom. The van der Waals surface area contributed by atoms with Crippen molar-refractivity contribution in [1.29, 1.82) is 0 Å². The summed E-state index contributed by atoms with van der Waals surface area (Å²) in [4.78, 5) is 4.53. The molecule has 0 unspecified atom stereocenters. The molecular formula is C11H14N2O. The maximum atomic E-state index is 5.02. The van der Waals surface area contributed by atoms with E-state index in [1.54, 1.807) is 7.11 Å². The van der Waals surface area contributed by atoms with E-state index in [1.807, 2.05) is 12.3 Å². The summed E-state index contributed by atoms with van der Waals surface area (Å²) in [5, 5.41) is 0. The normalized spacial score (nSPS) is 11.0. The van der Waals surface area contributed by atoms with Gasteiger partial charge in [0.2, 0.25) is 0 Å². The fourth-order valence-electron chi connectivity index (χ4n) is 1.53. The van der Waals surface area contributed by atoms with Gasteiger partial charge in [0.1, 0.15) is 5.65 Å². The number of methoxy groups -OCH3 is 1. The molecule has 0 N–H and O–H groups in total. The van der Waals surface area contributed by atoms with Crippen molar-refractivity contribution in [3.05, 3.63) is 35.8 Å². The summed E-state index contributed by atoms with van der Waals surface area (Å²) < 4.78 is 7.08. The smallest absolute Gasteiger partial charge is 0.139 e. The number of aromatic nitrogens is 2. The summed E-state index contributed by atoms with van der Waals surface area (Å²) >= 11 is 0. The monoisotopic (exact) mass is 190 g/mol. The first-order valence-corrected chi connectivity index (χ1v) is 4.73. The summed E-state index contributed by atoms with van der Waals surface area (Å²) in [5.41, 5.74) is 3.33. The zero-order valence-electron chi connectivity index (χ0n) is 8.53. The first-order valence-electron chi connectivity index (χ1n) is 4.73. The second kappa shape index (κ2) is 3.80. The van der Waals surface area contributed by atoms with Gasteiger partial charge in [-0.25, -0.2) is 4.98 Å². The average molecular weight is 190 g/mol. The SMILES string of the molecule is COCCc1cn2cccc(C)c2n1. The molecule has 0 radical (unpaired) electrons. The third-order valence-electron chi connectivity index (χ3n) is 2.29. The standard InChI is InChI=1S/C11H14N2O/c1-9-4-3-6-13-8-10(5-7-14-2)12-11(9)13/h3-4,6,8H,5,7H2,1-2H3. The Morgan fingerprint density at radius 2 is 2.36 bits per heavy atom. The van der Waals surface area contributed by atoms with Crippen LogP contribution >= 0.6 is 0 Å². The third-order valence-corrected chi connectivity index (χ3v) is 2.29. The van der Waals surface area contributed by atoms with Crippen LogP contribution in [0.15, 0.2) is 24.5 Å². The van der Waals surface area contributed by atoms with Gasteiger partial charge in [0, 0.05) is 25.9 Å². The minimum Gasteiger partial charge on any atom is -0.384 e. The molecule has 0 aliphatic rings. The molecule has 0 atom stereocenters. The predicted molar refractivity (Wildman–Crippen MR) is 55.5 cm³/mol. The second-order valence-electron chi connectivity index (χ2n) is 3.40. The molecular weight excluding hydrogens is 176 g/mol. The van der Waals surface area contributed by atoms with Crippen LogP contribution in [0.5, 0.6) is 0 Å². The van der Waals surface area contributed by atoms with Crippen molar-refractivity contribution in [3.63, 3.8) is 0 Å². The van der Waals surface area contributed by atoms with Gasteiger partial charge in [-0.3, -0.25) is 0 Å². The zero-order chi connectivity index (χ0) is 9.97. The minimum absolute atomic E-state index is 0.725. The van der Waals surface area contributed by atoms with Gasteiger partial charge in [0.15, 0.2) is 0 Å². The Morgan fingerprint density at radius 1 is 1.50 bits per heavy atom. The molecule has 3 heteroatoms. The summed E-state index contributed by atoms with van der Waals surface area (Å²) in [6.45, 7) is 2.80. The van der Waals surface area contributed by atoms with Crippen LogP contribution in [-0.4, -0.2) is 23.1 Å². The van der Waals surface area contributed by atoms with E-state index >= 15 is 0 Å². The highest BCUT2D eigenvalue weighted by Crippen LogP contribution is 2.10. The molecule has 0 aliphatic heterocycles. The quantitative estimate of drug-likeness (QED) is 0.738. The van der Waals surface area contributed by atoms with Crippen molar-refractivity contribution in [3.8, 4) is 0 Å². The van der Waals surface area contributed by atoms with E-state index in [2.05, 4.69) is 28.6 Å². The molecule has 14 heavy (non-hydrogen) atoms. The van der Waals surface area contributed by atoms with Crippen LogP contribution in [0.2, 0.25) is 0 Å². The molecule has 2 rings (SSSR count). The number of ether oxygens (including phenoxy) is 1. The molecule has 0 amide bonds. The number of pyridine rings is 1. The maximum Gasteiger partial charge on any atom is 0.139 e. The molecule has 2 aromatic rings. The Labute approximate surface area is 83.3 Å². The number of fused-ring (bicyclic) bond motifs is 1. The molecule has 0 fully saturated rings. The molecule has 2 heterocycles. The van der Waals surface area contributed by atoms with Gasteiger partial charge in [0.25, 0.3) is 0 Å². The number of imidazole rings is 1. The van der Waals surface area contributed by atoms with Crippen LogP contribution in [0.4, 0.5) is 0 Å². The van der Waals surface area contributed by atoms with E-state index < -0.39 is 0 Å². The van der Waals surface area contributed by atoms with Gasteiger partial charge in [0.05, 0.1) is 12.3 Å². The van der Waals surface area contributed by atoms with Crippen LogP contribution in [0, 0.1) is 6.92 Å². The lowest BCUT2D eigenvalue weighted by atomic mass is 10.3. The summed E-state index contributed by atoms with van der Waals surface area (Å²) in [6.07, 6.45) is 4.95. The molecule has 2 aromatic heterocycles. The van der Waals surface area contributed by atoms with E-state index in [1.165, 1.54) is 5.56 Å². The lowest BCUT2D eigenvalue weighted by molar-refractivity contribution is 0.201. The van der Waals surface area contributed by atoms with Gasteiger partial charge in [-0.2, -0.15) is 0 Å². The molecule has 0 spiro atoms. The van der Waals surface area contributed by atoms with E-state index in [4.69, 9.17) is 4.74 Å². The lowest BCUT2D eigenvalue weighted by Crippen LogP contribution is -1.93. The van der Waals surface area contributed by atoms with Crippen molar-refractivity contribution >= 4 is 5.65 Å². The third kappa shape index (κ3) is 1.63. The van der Waals surface area contributed by atoms with Crippen LogP contribution in [0.1, 0.15) is 11.3 Å². The summed E-state index contributed by atoms with van der Waals surface area (Å²) in [7, 11) is 1.71. The average Bonchev–Trinajstić information content (AvgIpc) is 2.59. The fraction of sp³-hybridized carbons (Fsp3) is 0.364. The number of hydrogen-bond donors (Lipinski definition) is 0. The van der Waals surface area contributed by atoms with Gasteiger partial charge < -0.3 is 9.14 Å². The Kier molecular flexibility index (Phi) is 2.50. The van der Waals surface area contributed by atoms with Gasteiger partial charge in [-0.1, -0.05) is 6.07 Å². The Balaban J connectivity index is 2.36. The van der Waals surface area contributed by atoms with Crippen molar-refractivity contribution in [2.75, 3.05) is 13.7 Å². The molecule has 74 valence electrons. The number of hydrogen-bond acceptors (Lipinski definition) is 2. The molecule has 0 bridgehead atoms. The van der Waals surface area contributed by atoms with Crippen LogP contribution in [0.3, 0.4) is 0 Å². The fourth-order valence-corrected chi connectivity index (χ4v) is 1.53. The van der Waals surface area contributed by atoms with Crippen LogP contribution in [0.25, 0.3) is 5.65 Å². The van der Waals surface area contributed by atoms with E-state index in [0.29, 0.717) is 0 Å². The number of aryl methyl sites for hydroxylation is 1. The molecule has 0 aromatic carbocycles. The van der Waals surface area contributed by atoms with E-state index in [0.717, 1.165) is 24.4 Å². The van der Waals surface area contributed by atoms with E-state index in [-0.39, 0.29) is 0 Å². The maximum absolute atomic E-state index is 5.02. The van der Waals surface area contributed by atoms with Crippen molar-refractivity contribution in [1.82, 2.24) is 9.38 Å². The minimum atomic E-state index is 0.725. The molecule has 0 saturated carbocycles. The second-order valence-corrected chi connectivity index (χ2v) is 3.40. The van der Waals surface area contributed by atoms with E-state index in [9.17, 15) is 0 Å². The van der Waals surface area contributed by atoms with Crippen molar-refractivity contribution in [2.45, 2.75) is 13.3 Å². The highest BCUT2D eigenvalue weighted by molar-refractivity contribution is 5.47. The Hall–Kier alpha value is -1.35. The highest BCUT2D eigenvalue weighted by atomic mass is 16.5. The zero-order valence-corrected chi connectivity index (χ0v) is 8.53. The van der Waals surface area contributed by atoms with Crippen molar-refractivity contribution < 1.29 is 4.74 Å². The van der Waals surface area contributed by atoms with Crippen LogP contribution in [-0.2, 0) is 11.2 Å². The first-order chi connectivity index (χ1) is 6.81. The van der Waals surface area contributed by atoms with Gasteiger partial charge in [-0.15, -0.1) is 0 Å². The lowest BCUT2D eigenvalue weighted by Gasteiger charge is -1.94. The largest absolute Gasteiger partial charge is 0.384 e. The number of rotatable bonds is 3. The topological polar surface area (TPSA) is 26.5 Å². The highest BCUT2D eigenvalue weighted by Gasteiger charge is 2.02. The first kappa shape index (κ1) is 9.21. The summed E-state index contributed by atoms with van der Waals surface area (Å²) in [6, 6.07) is 4.10. The van der Waals surface area contributed by atoms with Gasteiger partial charge in [-0.05, 0) is 18.6 Å². The number of nitrogens with zero attached hydrogens (tertiary/aromatic N) is 2. The predicted octanol–water partition coefficient (Wildman–Crippen LogP) is 1.83.